The van der Waals surface area contributed by atoms with Gasteiger partial charge in [-0.05, 0) is 37.1 Å². The van der Waals surface area contributed by atoms with Crippen molar-refractivity contribution in [1.82, 2.24) is 14.7 Å². The summed E-state index contributed by atoms with van der Waals surface area (Å²) < 4.78 is 1.86. The van der Waals surface area contributed by atoms with Gasteiger partial charge in [-0.15, -0.1) is 0 Å². The second kappa shape index (κ2) is 5.48. The molecule has 102 valence electrons. The molecule has 0 aliphatic carbocycles. The van der Waals surface area contributed by atoms with E-state index in [0.29, 0.717) is 6.04 Å². The fourth-order valence-electron chi connectivity index (χ4n) is 2.98. The number of likely N-dealkylation sites (tertiary alicyclic amines) is 1. The molecule has 0 N–H and O–H groups in total. The predicted octanol–water partition coefficient (Wildman–Crippen LogP) is 2.63. The normalized spacial score (nSPS) is 19.1. The number of nitrogens with zero attached hydrogens (tertiary/aromatic N) is 4. The molecule has 1 aliphatic rings. The highest BCUT2D eigenvalue weighted by Crippen LogP contribution is 2.32. The molecule has 1 aromatic heterocycles. The first kappa shape index (κ1) is 12.9. The summed E-state index contributed by atoms with van der Waals surface area (Å²) >= 11 is 0. The third-order valence-corrected chi connectivity index (χ3v) is 3.92. The summed E-state index contributed by atoms with van der Waals surface area (Å²) in [6.45, 7) is 2.01. The van der Waals surface area contributed by atoms with Crippen molar-refractivity contribution in [3.8, 4) is 6.07 Å². The van der Waals surface area contributed by atoms with Crippen LogP contribution >= 0.6 is 0 Å². The summed E-state index contributed by atoms with van der Waals surface area (Å²) in [4.78, 5) is 2.48. The summed E-state index contributed by atoms with van der Waals surface area (Å²) in [6, 6.07) is 10.6. The molecule has 0 spiro atoms. The van der Waals surface area contributed by atoms with Crippen LogP contribution in [0.1, 0.15) is 35.6 Å². The van der Waals surface area contributed by atoms with Crippen molar-refractivity contribution in [2.45, 2.75) is 25.4 Å². The van der Waals surface area contributed by atoms with Crippen molar-refractivity contribution < 1.29 is 0 Å². The van der Waals surface area contributed by atoms with Crippen molar-refractivity contribution >= 4 is 0 Å². The van der Waals surface area contributed by atoms with Gasteiger partial charge in [0.25, 0.3) is 0 Å². The molecule has 1 aromatic carbocycles. The highest BCUT2D eigenvalue weighted by atomic mass is 15.3. The minimum absolute atomic E-state index is 0.453. The number of rotatable bonds is 3. The Morgan fingerprint density at radius 1 is 1.45 bits per heavy atom. The first-order valence-corrected chi connectivity index (χ1v) is 6.98. The molecule has 20 heavy (non-hydrogen) atoms. The fraction of sp³-hybridized carbons (Fsp3) is 0.375. The molecule has 1 aliphatic heterocycles. The molecule has 1 saturated heterocycles. The van der Waals surface area contributed by atoms with Crippen molar-refractivity contribution in [1.29, 1.82) is 5.26 Å². The third-order valence-electron chi connectivity index (χ3n) is 3.92. The van der Waals surface area contributed by atoms with E-state index >= 15 is 0 Å². The Morgan fingerprint density at radius 3 is 3.10 bits per heavy atom. The molecule has 1 atom stereocenters. The number of hydrogen-bond donors (Lipinski definition) is 0. The quantitative estimate of drug-likeness (QED) is 0.858. The SMILES string of the molecule is Cn1cc([C@H]2CCCN2Cc2cccc(C#N)c2)cn1. The van der Waals surface area contributed by atoms with Crippen LogP contribution in [0.5, 0.6) is 0 Å². The van der Waals surface area contributed by atoms with Gasteiger partial charge in [0.15, 0.2) is 0 Å². The van der Waals surface area contributed by atoms with Crippen molar-refractivity contribution in [2.24, 2.45) is 7.05 Å². The minimum atomic E-state index is 0.453. The van der Waals surface area contributed by atoms with Crippen LogP contribution in [0.2, 0.25) is 0 Å². The molecular formula is C16H18N4. The van der Waals surface area contributed by atoms with Gasteiger partial charge in [0.05, 0.1) is 17.8 Å². The van der Waals surface area contributed by atoms with E-state index in [1.54, 1.807) is 0 Å². The largest absolute Gasteiger partial charge is 0.292 e. The van der Waals surface area contributed by atoms with E-state index in [9.17, 15) is 0 Å². The molecule has 2 heterocycles. The number of hydrogen-bond acceptors (Lipinski definition) is 3. The van der Waals surface area contributed by atoms with E-state index < -0.39 is 0 Å². The Balaban J connectivity index is 1.77. The van der Waals surface area contributed by atoms with Crippen LogP contribution in [0.15, 0.2) is 36.7 Å². The molecular weight excluding hydrogens is 248 g/mol. The summed E-state index contributed by atoms with van der Waals surface area (Å²) in [5, 5.41) is 13.3. The molecule has 3 rings (SSSR count). The summed E-state index contributed by atoms with van der Waals surface area (Å²) in [7, 11) is 1.96. The number of benzene rings is 1. The number of aryl methyl sites for hydroxylation is 1. The van der Waals surface area contributed by atoms with Crippen LogP contribution in [-0.4, -0.2) is 21.2 Å². The molecule has 0 amide bonds. The van der Waals surface area contributed by atoms with Crippen LogP contribution in [-0.2, 0) is 13.6 Å². The summed E-state index contributed by atoms with van der Waals surface area (Å²) in [5.41, 5.74) is 3.24. The van der Waals surface area contributed by atoms with Crippen LogP contribution in [0.3, 0.4) is 0 Å². The van der Waals surface area contributed by atoms with Gasteiger partial charge in [-0.25, -0.2) is 0 Å². The number of aromatic nitrogens is 2. The molecule has 4 heteroatoms. The van der Waals surface area contributed by atoms with E-state index in [0.717, 1.165) is 18.7 Å². The second-order valence-electron chi connectivity index (χ2n) is 5.39. The van der Waals surface area contributed by atoms with Gasteiger partial charge in [0.1, 0.15) is 0 Å². The zero-order valence-electron chi connectivity index (χ0n) is 11.7. The molecule has 0 bridgehead atoms. The van der Waals surface area contributed by atoms with E-state index in [1.165, 1.54) is 24.0 Å². The van der Waals surface area contributed by atoms with E-state index in [-0.39, 0.29) is 0 Å². The lowest BCUT2D eigenvalue weighted by molar-refractivity contribution is 0.248. The second-order valence-corrected chi connectivity index (χ2v) is 5.39. The van der Waals surface area contributed by atoms with Crippen LogP contribution in [0.4, 0.5) is 0 Å². The maximum atomic E-state index is 8.98. The zero-order chi connectivity index (χ0) is 13.9. The van der Waals surface area contributed by atoms with Gasteiger partial charge in [0.2, 0.25) is 0 Å². The van der Waals surface area contributed by atoms with Gasteiger partial charge in [0, 0.05) is 31.4 Å². The molecule has 0 unspecified atom stereocenters. The summed E-state index contributed by atoms with van der Waals surface area (Å²) in [6.07, 6.45) is 6.48. The van der Waals surface area contributed by atoms with Crippen molar-refractivity contribution in [3.63, 3.8) is 0 Å². The first-order valence-electron chi connectivity index (χ1n) is 6.98. The lowest BCUT2D eigenvalue weighted by Gasteiger charge is -2.23. The van der Waals surface area contributed by atoms with Gasteiger partial charge in [-0.3, -0.25) is 9.58 Å². The summed E-state index contributed by atoms with van der Waals surface area (Å²) in [5.74, 6) is 0. The molecule has 2 aromatic rings. The van der Waals surface area contributed by atoms with E-state index in [1.807, 2.05) is 36.1 Å². The maximum Gasteiger partial charge on any atom is 0.0991 e. The Morgan fingerprint density at radius 2 is 2.35 bits per heavy atom. The van der Waals surface area contributed by atoms with Crippen LogP contribution in [0, 0.1) is 11.3 Å². The Hall–Kier alpha value is -2.12. The van der Waals surface area contributed by atoms with Gasteiger partial charge in [-0.1, -0.05) is 12.1 Å². The van der Waals surface area contributed by atoms with Gasteiger partial charge >= 0.3 is 0 Å². The molecule has 0 saturated carbocycles. The van der Waals surface area contributed by atoms with E-state index in [2.05, 4.69) is 28.3 Å². The van der Waals surface area contributed by atoms with Gasteiger partial charge in [-0.2, -0.15) is 10.4 Å². The average Bonchev–Trinajstić information content (AvgIpc) is 3.08. The lowest BCUT2D eigenvalue weighted by atomic mass is 10.1. The maximum absolute atomic E-state index is 8.98. The standard InChI is InChI=1S/C16H18N4/c1-19-12-15(10-18-19)16-6-3-7-20(16)11-14-5-2-4-13(8-14)9-17/h2,4-5,8,10,12,16H,3,6-7,11H2,1H3/t16-/m1/s1. The zero-order valence-corrected chi connectivity index (χ0v) is 11.7. The average molecular weight is 266 g/mol. The highest BCUT2D eigenvalue weighted by Gasteiger charge is 2.26. The topological polar surface area (TPSA) is 44.9 Å². The Kier molecular flexibility index (Phi) is 3.53. The van der Waals surface area contributed by atoms with Crippen molar-refractivity contribution in [2.75, 3.05) is 6.54 Å². The monoisotopic (exact) mass is 266 g/mol. The predicted molar refractivity (Wildman–Crippen MR) is 76.8 cm³/mol. The third kappa shape index (κ3) is 2.59. The van der Waals surface area contributed by atoms with E-state index in [4.69, 9.17) is 5.26 Å². The van der Waals surface area contributed by atoms with Crippen LogP contribution < -0.4 is 0 Å². The smallest absolute Gasteiger partial charge is 0.0991 e. The first-order chi connectivity index (χ1) is 9.76. The Bertz CT molecular complexity index is 638. The number of nitriles is 1. The lowest BCUT2D eigenvalue weighted by Crippen LogP contribution is -2.22. The molecule has 0 radical (unpaired) electrons. The molecule has 1 fully saturated rings. The molecule has 4 nitrogen and oxygen atoms in total. The highest BCUT2D eigenvalue weighted by molar-refractivity contribution is 5.32. The minimum Gasteiger partial charge on any atom is -0.292 e. The fourth-order valence-corrected chi connectivity index (χ4v) is 2.98. The van der Waals surface area contributed by atoms with Crippen LogP contribution in [0.25, 0.3) is 0 Å². The van der Waals surface area contributed by atoms with Crippen molar-refractivity contribution in [3.05, 3.63) is 53.3 Å². The Labute approximate surface area is 119 Å². The van der Waals surface area contributed by atoms with Gasteiger partial charge < -0.3 is 0 Å².